The van der Waals surface area contributed by atoms with E-state index in [0.717, 1.165) is 35.3 Å². The quantitative estimate of drug-likeness (QED) is 0.680. The van der Waals surface area contributed by atoms with Crippen LogP contribution in [-0.2, 0) is 17.8 Å². The number of amides is 1. The number of imidazole rings is 1. The van der Waals surface area contributed by atoms with Gasteiger partial charge in [-0.3, -0.25) is 4.79 Å². The Balaban J connectivity index is 1.47. The highest BCUT2D eigenvalue weighted by Crippen LogP contribution is 2.17. The van der Waals surface area contributed by atoms with Crippen molar-refractivity contribution in [2.24, 2.45) is 0 Å². The van der Waals surface area contributed by atoms with E-state index in [4.69, 9.17) is 4.74 Å². The summed E-state index contributed by atoms with van der Waals surface area (Å²) < 4.78 is 7.38. The minimum Gasteiger partial charge on any atom is -0.496 e. The minimum absolute atomic E-state index is 0.00925. The maximum Gasteiger partial charge on any atom is 0.224 e. The van der Waals surface area contributed by atoms with Gasteiger partial charge in [-0.2, -0.15) is 0 Å². The first kappa shape index (κ1) is 16.1. The van der Waals surface area contributed by atoms with Crippen molar-refractivity contribution in [2.75, 3.05) is 13.7 Å². The number of hydrogen-bond acceptors (Lipinski definition) is 3. The number of nitrogens with one attached hydrogen (secondary N) is 1. The van der Waals surface area contributed by atoms with Crippen molar-refractivity contribution in [3.05, 3.63) is 60.4 Å². The number of nitrogens with zero attached hydrogens (tertiary/aromatic N) is 2. The number of hydrogen-bond donors (Lipinski definition) is 1. The molecular formula is C19H21N3O2. The van der Waals surface area contributed by atoms with Gasteiger partial charge in [0.1, 0.15) is 5.75 Å². The third-order valence-electron chi connectivity index (χ3n) is 3.97. The van der Waals surface area contributed by atoms with Crippen molar-refractivity contribution in [3.8, 4) is 5.75 Å². The Morgan fingerprint density at radius 2 is 1.96 bits per heavy atom. The minimum atomic E-state index is 0.00925. The van der Waals surface area contributed by atoms with Gasteiger partial charge < -0.3 is 14.6 Å². The fraction of sp³-hybridized carbons (Fsp3) is 0.263. The molecule has 5 nitrogen and oxygen atoms in total. The normalized spacial score (nSPS) is 10.7. The summed E-state index contributed by atoms with van der Waals surface area (Å²) in [7, 11) is 1.62. The second kappa shape index (κ2) is 7.64. The highest BCUT2D eigenvalue weighted by Gasteiger charge is 2.07. The Bertz CT molecular complexity index is 826. The van der Waals surface area contributed by atoms with Crippen molar-refractivity contribution >= 4 is 16.9 Å². The molecule has 5 heteroatoms. The van der Waals surface area contributed by atoms with Crippen LogP contribution in [0, 0.1) is 0 Å². The molecular weight excluding hydrogens is 302 g/mol. The zero-order chi connectivity index (χ0) is 16.8. The molecule has 124 valence electrons. The van der Waals surface area contributed by atoms with Crippen molar-refractivity contribution < 1.29 is 9.53 Å². The van der Waals surface area contributed by atoms with E-state index in [-0.39, 0.29) is 5.91 Å². The SMILES string of the molecule is COc1ccccc1CC(=O)NCCCn1cnc2ccccc21. The monoisotopic (exact) mass is 323 g/mol. The van der Waals surface area contributed by atoms with E-state index in [1.807, 2.05) is 48.8 Å². The first-order valence-electron chi connectivity index (χ1n) is 8.06. The standard InChI is InChI=1S/C19H21N3O2/c1-24-18-10-5-2-7-15(18)13-19(23)20-11-6-12-22-14-21-16-8-3-4-9-17(16)22/h2-5,7-10,14H,6,11-13H2,1H3,(H,20,23). The summed E-state index contributed by atoms with van der Waals surface area (Å²) in [6.45, 7) is 1.47. The number of methoxy groups -OCH3 is 1. The fourth-order valence-corrected chi connectivity index (χ4v) is 2.75. The first-order chi connectivity index (χ1) is 11.8. The molecule has 1 aromatic heterocycles. The molecule has 0 atom stereocenters. The number of carbonyl (C=O) groups excluding carboxylic acids is 1. The van der Waals surface area contributed by atoms with Gasteiger partial charge in [-0.15, -0.1) is 0 Å². The number of para-hydroxylation sites is 3. The summed E-state index contributed by atoms with van der Waals surface area (Å²) >= 11 is 0. The van der Waals surface area contributed by atoms with E-state index in [9.17, 15) is 4.79 Å². The van der Waals surface area contributed by atoms with Crippen LogP contribution in [0.15, 0.2) is 54.9 Å². The van der Waals surface area contributed by atoms with Gasteiger partial charge in [0.2, 0.25) is 5.91 Å². The Morgan fingerprint density at radius 1 is 1.17 bits per heavy atom. The van der Waals surface area contributed by atoms with E-state index in [0.29, 0.717) is 13.0 Å². The zero-order valence-electron chi connectivity index (χ0n) is 13.7. The Hall–Kier alpha value is -2.82. The molecule has 0 spiro atoms. The molecule has 1 amide bonds. The summed E-state index contributed by atoms with van der Waals surface area (Å²) in [4.78, 5) is 16.4. The molecule has 0 radical (unpaired) electrons. The molecule has 0 unspecified atom stereocenters. The highest BCUT2D eigenvalue weighted by molar-refractivity contribution is 5.79. The Morgan fingerprint density at radius 3 is 2.83 bits per heavy atom. The number of carbonyl (C=O) groups is 1. The van der Waals surface area contributed by atoms with Crippen LogP contribution in [0.2, 0.25) is 0 Å². The molecule has 0 aliphatic rings. The number of benzene rings is 2. The molecule has 0 saturated carbocycles. The largest absolute Gasteiger partial charge is 0.496 e. The molecule has 3 rings (SSSR count). The van der Waals surface area contributed by atoms with E-state index >= 15 is 0 Å². The lowest BCUT2D eigenvalue weighted by molar-refractivity contribution is -0.120. The molecule has 0 aliphatic carbocycles. The second-order valence-corrected chi connectivity index (χ2v) is 5.62. The van der Waals surface area contributed by atoms with Crippen molar-refractivity contribution in [2.45, 2.75) is 19.4 Å². The Labute approximate surface area is 141 Å². The molecule has 0 fully saturated rings. The molecule has 0 bridgehead atoms. The molecule has 3 aromatic rings. The van der Waals surface area contributed by atoms with Crippen LogP contribution in [0.25, 0.3) is 11.0 Å². The number of rotatable bonds is 7. The van der Waals surface area contributed by atoms with Crippen molar-refractivity contribution in [1.82, 2.24) is 14.9 Å². The Kier molecular flexibility index (Phi) is 5.11. The van der Waals surface area contributed by atoms with Crippen molar-refractivity contribution in [3.63, 3.8) is 0 Å². The number of aryl methyl sites for hydroxylation is 1. The van der Waals surface area contributed by atoms with Gasteiger partial charge in [0, 0.05) is 18.7 Å². The molecule has 0 saturated heterocycles. The van der Waals surface area contributed by atoms with E-state index in [1.165, 1.54) is 0 Å². The average Bonchev–Trinajstić information content (AvgIpc) is 3.02. The number of ether oxygens (including phenoxy) is 1. The molecule has 24 heavy (non-hydrogen) atoms. The molecule has 2 aromatic carbocycles. The lowest BCUT2D eigenvalue weighted by Crippen LogP contribution is -2.26. The van der Waals surface area contributed by atoms with Gasteiger partial charge in [-0.25, -0.2) is 4.98 Å². The highest BCUT2D eigenvalue weighted by atomic mass is 16.5. The first-order valence-corrected chi connectivity index (χ1v) is 8.06. The maximum atomic E-state index is 12.1. The van der Waals surface area contributed by atoms with Gasteiger partial charge in [0.05, 0.1) is 30.9 Å². The maximum absolute atomic E-state index is 12.1. The lowest BCUT2D eigenvalue weighted by atomic mass is 10.1. The average molecular weight is 323 g/mol. The van der Waals surface area contributed by atoms with Crippen LogP contribution in [-0.4, -0.2) is 29.1 Å². The van der Waals surface area contributed by atoms with Crippen LogP contribution in [0.5, 0.6) is 5.75 Å². The third kappa shape index (κ3) is 3.74. The van der Waals surface area contributed by atoms with E-state index in [1.54, 1.807) is 7.11 Å². The van der Waals surface area contributed by atoms with Crippen LogP contribution in [0.4, 0.5) is 0 Å². The van der Waals surface area contributed by atoms with Crippen LogP contribution in [0.3, 0.4) is 0 Å². The molecule has 1 heterocycles. The number of fused-ring (bicyclic) bond motifs is 1. The smallest absolute Gasteiger partial charge is 0.224 e. The third-order valence-corrected chi connectivity index (χ3v) is 3.97. The predicted molar refractivity (Wildman–Crippen MR) is 94.1 cm³/mol. The summed E-state index contributed by atoms with van der Waals surface area (Å²) in [6, 6.07) is 15.6. The van der Waals surface area contributed by atoms with Crippen molar-refractivity contribution in [1.29, 1.82) is 0 Å². The predicted octanol–water partition coefficient (Wildman–Crippen LogP) is 2.79. The summed E-state index contributed by atoms with van der Waals surface area (Å²) in [5.74, 6) is 0.757. The van der Waals surface area contributed by atoms with E-state index < -0.39 is 0 Å². The van der Waals surface area contributed by atoms with Crippen LogP contribution in [0.1, 0.15) is 12.0 Å². The van der Waals surface area contributed by atoms with Gasteiger partial charge >= 0.3 is 0 Å². The van der Waals surface area contributed by atoms with Gasteiger partial charge in [-0.1, -0.05) is 30.3 Å². The molecule has 1 N–H and O–H groups in total. The molecule has 0 aliphatic heterocycles. The summed E-state index contributed by atoms with van der Waals surface area (Å²) in [6.07, 6.45) is 3.04. The number of aromatic nitrogens is 2. The van der Waals surface area contributed by atoms with Crippen LogP contribution < -0.4 is 10.1 Å². The van der Waals surface area contributed by atoms with Gasteiger partial charge in [-0.05, 0) is 24.6 Å². The lowest BCUT2D eigenvalue weighted by Gasteiger charge is -2.09. The topological polar surface area (TPSA) is 56.1 Å². The summed E-state index contributed by atoms with van der Waals surface area (Å²) in [5.41, 5.74) is 3.02. The van der Waals surface area contributed by atoms with Gasteiger partial charge in [0.15, 0.2) is 0 Å². The fourth-order valence-electron chi connectivity index (χ4n) is 2.75. The second-order valence-electron chi connectivity index (χ2n) is 5.62. The zero-order valence-corrected chi connectivity index (χ0v) is 13.7. The van der Waals surface area contributed by atoms with E-state index in [2.05, 4.69) is 20.9 Å². The van der Waals surface area contributed by atoms with Crippen LogP contribution >= 0.6 is 0 Å². The van der Waals surface area contributed by atoms with Gasteiger partial charge in [0.25, 0.3) is 0 Å². The summed E-state index contributed by atoms with van der Waals surface area (Å²) in [5, 5.41) is 2.96.